The van der Waals surface area contributed by atoms with Crippen LogP contribution in [0.5, 0.6) is 0 Å². The normalized spacial score (nSPS) is 39.8. The van der Waals surface area contributed by atoms with Crippen molar-refractivity contribution in [2.45, 2.75) is 6.30 Å². The van der Waals surface area contributed by atoms with E-state index in [9.17, 15) is 4.39 Å². The molecule has 1 nitrogen and oxygen atoms in total. The van der Waals surface area contributed by atoms with Gasteiger partial charge in [0.15, 0.2) is 6.30 Å². The fraction of sp³-hybridized carbons (Fsp3) is 1.00. The van der Waals surface area contributed by atoms with Crippen LogP contribution in [0.2, 0.25) is 0 Å². The Morgan fingerprint density at radius 3 is 2.25 bits per heavy atom. The summed E-state index contributed by atoms with van der Waals surface area (Å²) in [5, 5.41) is 2.43. The lowest BCUT2D eigenvalue weighted by molar-refractivity contribution is 0.472. The predicted molar refractivity (Wildman–Crippen MR) is 12.9 cm³/mol. The molecule has 0 amide bonds. The first-order valence-corrected chi connectivity index (χ1v) is 1.27. The van der Waals surface area contributed by atoms with Crippen molar-refractivity contribution >= 4 is 0 Å². The average molecular weight is 61.1 g/mol. The zero-order valence-corrected chi connectivity index (χ0v) is 2.16. The summed E-state index contributed by atoms with van der Waals surface area (Å²) in [6.07, 6.45) is -0.667. The maximum atomic E-state index is 11.0. The Morgan fingerprint density at radius 2 is 2.25 bits per heavy atom. The molecule has 1 aliphatic rings. The molecule has 1 aliphatic heterocycles. The zero-order valence-electron chi connectivity index (χ0n) is 2.16. The van der Waals surface area contributed by atoms with E-state index in [0.29, 0.717) is 6.54 Å². The van der Waals surface area contributed by atoms with E-state index >= 15 is 0 Å². The van der Waals surface area contributed by atoms with Gasteiger partial charge in [-0.1, -0.05) is 0 Å². The van der Waals surface area contributed by atoms with Gasteiger partial charge in [-0.2, -0.15) is 0 Å². The quantitative estimate of drug-likeness (QED) is 0.306. The predicted octanol–water partition coefficient (Wildman–Crippen LogP) is -0.115. The van der Waals surface area contributed by atoms with Crippen molar-refractivity contribution in [1.29, 1.82) is 0 Å². The molecule has 0 spiro atoms. The van der Waals surface area contributed by atoms with E-state index in [1.165, 1.54) is 0 Å². The minimum atomic E-state index is -0.667. The molecular weight excluding hydrogens is 57.0 g/mol. The molecule has 0 bridgehead atoms. The Labute approximate surface area is 23.8 Å². The Kier molecular flexibility index (Phi) is 0.232. The standard InChI is InChI=1S/C2H4FN/c3-2-1-4-2/h2,4H,1H2. The molecule has 1 heterocycles. The summed E-state index contributed by atoms with van der Waals surface area (Å²) in [6.45, 7) is 0.569. The van der Waals surface area contributed by atoms with Crippen LogP contribution >= 0.6 is 0 Å². The van der Waals surface area contributed by atoms with Gasteiger partial charge in [0, 0.05) is 6.54 Å². The lowest BCUT2D eigenvalue weighted by atomic mass is 10.9. The van der Waals surface area contributed by atoms with Crippen LogP contribution < -0.4 is 5.32 Å². The van der Waals surface area contributed by atoms with E-state index < -0.39 is 6.30 Å². The smallest absolute Gasteiger partial charge is 0.163 e. The maximum absolute atomic E-state index is 11.0. The molecule has 1 atom stereocenters. The monoisotopic (exact) mass is 61.0 g/mol. The van der Waals surface area contributed by atoms with Crippen LogP contribution in [0.4, 0.5) is 4.39 Å². The van der Waals surface area contributed by atoms with E-state index in [2.05, 4.69) is 5.32 Å². The van der Waals surface area contributed by atoms with Crippen molar-refractivity contribution in [3.05, 3.63) is 0 Å². The van der Waals surface area contributed by atoms with Crippen LogP contribution in [0.1, 0.15) is 0 Å². The summed E-state index contributed by atoms with van der Waals surface area (Å²) < 4.78 is 11.0. The molecule has 0 saturated carbocycles. The fourth-order valence-electron chi connectivity index (χ4n) is 0.0445. The third-order valence-corrected chi connectivity index (χ3v) is 0.358. The number of nitrogens with one attached hydrogen (secondary N) is 1. The lowest BCUT2D eigenvalue weighted by Crippen LogP contribution is -1.69. The average Bonchev–Trinajstić information content (AvgIpc) is 1.75. The molecule has 0 aromatic rings. The van der Waals surface area contributed by atoms with Crippen molar-refractivity contribution in [2.75, 3.05) is 6.54 Å². The Bertz CT molecular complexity index is 25.2. The van der Waals surface area contributed by atoms with Crippen LogP contribution in [-0.4, -0.2) is 12.8 Å². The topological polar surface area (TPSA) is 21.9 Å². The van der Waals surface area contributed by atoms with Gasteiger partial charge in [0.1, 0.15) is 0 Å². The number of hydrogen-bond donors (Lipinski definition) is 1. The van der Waals surface area contributed by atoms with E-state index in [0.717, 1.165) is 0 Å². The van der Waals surface area contributed by atoms with Gasteiger partial charge >= 0.3 is 0 Å². The molecule has 1 rings (SSSR count). The second-order valence-corrected chi connectivity index (χ2v) is 0.876. The number of alkyl halides is 1. The van der Waals surface area contributed by atoms with Gasteiger partial charge < -0.3 is 0 Å². The number of halogens is 1. The van der Waals surface area contributed by atoms with Gasteiger partial charge in [-0.15, -0.1) is 0 Å². The summed E-state index contributed by atoms with van der Waals surface area (Å²) in [5.74, 6) is 0. The van der Waals surface area contributed by atoms with Gasteiger partial charge in [0.25, 0.3) is 0 Å². The van der Waals surface area contributed by atoms with E-state index in [4.69, 9.17) is 0 Å². The zero-order chi connectivity index (χ0) is 2.99. The Hall–Kier alpha value is -0.110. The summed E-state index contributed by atoms with van der Waals surface area (Å²) >= 11 is 0. The van der Waals surface area contributed by atoms with Crippen LogP contribution in [0, 0.1) is 0 Å². The van der Waals surface area contributed by atoms with Crippen molar-refractivity contribution in [1.82, 2.24) is 5.32 Å². The molecule has 0 aliphatic carbocycles. The molecule has 4 heavy (non-hydrogen) atoms. The molecule has 1 N–H and O–H groups in total. The van der Waals surface area contributed by atoms with Crippen LogP contribution in [0.15, 0.2) is 0 Å². The first kappa shape index (κ1) is 2.15. The Balaban J connectivity index is 2.17. The highest BCUT2D eigenvalue weighted by molar-refractivity contribution is 4.68. The highest BCUT2D eigenvalue weighted by Gasteiger charge is 2.16. The molecular formula is C2H4FN. The van der Waals surface area contributed by atoms with Crippen molar-refractivity contribution in [3.8, 4) is 0 Å². The second kappa shape index (κ2) is 0.432. The molecule has 0 aromatic heterocycles. The number of rotatable bonds is 0. The van der Waals surface area contributed by atoms with Gasteiger partial charge in [-0.25, -0.2) is 4.39 Å². The van der Waals surface area contributed by atoms with Gasteiger partial charge in [0.05, 0.1) is 0 Å². The SMILES string of the molecule is FC1CN1. The largest absolute Gasteiger partial charge is 0.282 e. The summed E-state index contributed by atoms with van der Waals surface area (Å²) in [4.78, 5) is 0. The van der Waals surface area contributed by atoms with E-state index in [1.54, 1.807) is 0 Å². The second-order valence-electron chi connectivity index (χ2n) is 0.876. The Morgan fingerprint density at radius 1 is 2.00 bits per heavy atom. The fourth-order valence-corrected chi connectivity index (χ4v) is 0.0445. The molecule has 1 fully saturated rings. The third-order valence-electron chi connectivity index (χ3n) is 0.358. The summed E-state index contributed by atoms with van der Waals surface area (Å²) in [7, 11) is 0. The molecule has 2 heteroatoms. The van der Waals surface area contributed by atoms with Gasteiger partial charge in [-0.3, -0.25) is 5.32 Å². The first-order chi connectivity index (χ1) is 1.89. The highest BCUT2D eigenvalue weighted by Crippen LogP contribution is 1.93. The number of hydrogen-bond acceptors (Lipinski definition) is 1. The van der Waals surface area contributed by atoms with Crippen LogP contribution in [0.25, 0.3) is 0 Å². The molecule has 1 unspecified atom stereocenters. The van der Waals surface area contributed by atoms with Crippen molar-refractivity contribution in [3.63, 3.8) is 0 Å². The van der Waals surface area contributed by atoms with Crippen molar-refractivity contribution < 1.29 is 4.39 Å². The maximum Gasteiger partial charge on any atom is 0.163 e. The van der Waals surface area contributed by atoms with Crippen LogP contribution in [-0.2, 0) is 0 Å². The molecule has 1 saturated heterocycles. The lowest BCUT2D eigenvalue weighted by Gasteiger charge is -1.49. The minimum absolute atomic E-state index is 0.569. The third kappa shape index (κ3) is 0.179. The van der Waals surface area contributed by atoms with E-state index in [1.807, 2.05) is 0 Å². The summed E-state index contributed by atoms with van der Waals surface area (Å²) in [5.41, 5.74) is 0. The van der Waals surface area contributed by atoms with Gasteiger partial charge in [-0.05, 0) is 0 Å². The summed E-state index contributed by atoms with van der Waals surface area (Å²) in [6, 6.07) is 0. The van der Waals surface area contributed by atoms with E-state index in [-0.39, 0.29) is 0 Å². The van der Waals surface area contributed by atoms with Crippen molar-refractivity contribution in [2.24, 2.45) is 0 Å². The highest BCUT2D eigenvalue weighted by atomic mass is 19.1. The molecule has 0 radical (unpaired) electrons. The van der Waals surface area contributed by atoms with Crippen LogP contribution in [0.3, 0.4) is 0 Å². The molecule has 0 aromatic carbocycles. The van der Waals surface area contributed by atoms with Gasteiger partial charge in [0.2, 0.25) is 0 Å². The first-order valence-electron chi connectivity index (χ1n) is 1.27. The molecule has 24 valence electrons. The minimum Gasteiger partial charge on any atom is -0.282 e.